The maximum absolute atomic E-state index is 15.2. The second kappa shape index (κ2) is 15.4. The maximum atomic E-state index is 15.2. The normalized spacial score (nSPS) is 14.3. The zero-order chi connectivity index (χ0) is 33.4. The standard InChI is InChI=1S/C38H42FN3O4S/c1-28-22-23-35(29(2)24-28)42(47(45,46)33-19-10-5-11-20-33)27-37(43)41(26-31-16-12-13-21-34(31)39)36(25-30-14-6-3-7-15-30)38(44)40-32-17-8-4-9-18-32/h3,5-7,10-16,19-24,32,36H,4,8-9,17-18,25-27H2,1-2H3,(H,40,44)/t36-/m0/s1. The van der Waals surface area contributed by atoms with E-state index in [1.54, 1.807) is 55.5 Å². The molecule has 47 heavy (non-hydrogen) atoms. The molecule has 0 saturated heterocycles. The molecule has 1 atom stereocenters. The Morgan fingerprint density at radius 1 is 0.851 bits per heavy atom. The molecule has 2 amide bonds. The first-order valence-electron chi connectivity index (χ1n) is 16.2. The number of rotatable bonds is 12. The minimum atomic E-state index is -4.22. The van der Waals surface area contributed by atoms with Crippen molar-refractivity contribution in [3.05, 3.63) is 131 Å². The molecule has 0 aromatic heterocycles. The van der Waals surface area contributed by atoms with Gasteiger partial charge in [0.05, 0.1) is 10.6 Å². The molecule has 0 heterocycles. The van der Waals surface area contributed by atoms with E-state index in [4.69, 9.17) is 0 Å². The van der Waals surface area contributed by atoms with Gasteiger partial charge in [-0.3, -0.25) is 13.9 Å². The SMILES string of the molecule is Cc1ccc(N(CC(=O)N(Cc2ccccc2F)[C@@H](Cc2ccccc2)C(=O)NC2CCCCC2)S(=O)(=O)c2ccccc2)c(C)c1. The van der Waals surface area contributed by atoms with Crippen molar-refractivity contribution in [1.82, 2.24) is 10.2 Å². The Morgan fingerprint density at radius 3 is 2.15 bits per heavy atom. The predicted molar refractivity (Wildman–Crippen MR) is 183 cm³/mol. The van der Waals surface area contributed by atoms with Gasteiger partial charge in [-0.2, -0.15) is 0 Å². The Morgan fingerprint density at radius 2 is 1.49 bits per heavy atom. The number of nitrogens with one attached hydrogen (secondary N) is 1. The van der Waals surface area contributed by atoms with Gasteiger partial charge in [0.25, 0.3) is 10.0 Å². The van der Waals surface area contributed by atoms with Crippen molar-refractivity contribution < 1.29 is 22.4 Å². The van der Waals surface area contributed by atoms with E-state index >= 15 is 4.39 Å². The molecule has 1 fully saturated rings. The number of amides is 2. The van der Waals surface area contributed by atoms with Crippen molar-refractivity contribution in [2.45, 2.75) is 75.9 Å². The van der Waals surface area contributed by atoms with Crippen molar-refractivity contribution in [2.75, 3.05) is 10.8 Å². The molecule has 0 radical (unpaired) electrons. The lowest BCUT2D eigenvalue weighted by Crippen LogP contribution is -2.55. The third-order valence-electron chi connectivity index (χ3n) is 8.75. The number of carbonyl (C=O) groups excluding carboxylic acids is 2. The average Bonchev–Trinajstić information content (AvgIpc) is 3.07. The molecule has 5 rings (SSSR count). The molecule has 4 aromatic rings. The number of sulfonamides is 1. The van der Waals surface area contributed by atoms with Gasteiger partial charge in [-0.05, 0) is 62.1 Å². The summed E-state index contributed by atoms with van der Waals surface area (Å²) >= 11 is 0. The van der Waals surface area contributed by atoms with Crippen LogP contribution in [0.4, 0.5) is 10.1 Å². The van der Waals surface area contributed by atoms with Gasteiger partial charge in [-0.1, -0.05) is 104 Å². The van der Waals surface area contributed by atoms with E-state index < -0.39 is 34.3 Å². The summed E-state index contributed by atoms with van der Waals surface area (Å²) in [4.78, 5) is 30.2. The van der Waals surface area contributed by atoms with Crippen molar-refractivity contribution >= 4 is 27.5 Å². The lowest BCUT2D eigenvalue weighted by atomic mass is 9.94. The van der Waals surface area contributed by atoms with Crippen LogP contribution in [0, 0.1) is 19.7 Å². The van der Waals surface area contributed by atoms with Crippen LogP contribution in [0.1, 0.15) is 54.4 Å². The molecule has 7 nitrogen and oxygen atoms in total. The lowest BCUT2D eigenvalue weighted by molar-refractivity contribution is -0.140. The molecule has 1 saturated carbocycles. The fourth-order valence-electron chi connectivity index (χ4n) is 6.23. The van der Waals surface area contributed by atoms with Crippen LogP contribution in [-0.4, -0.2) is 43.8 Å². The Labute approximate surface area is 277 Å². The van der Waals surface area contributed by atoms with Crippen LogP contribution in [0.5, 0.6) is 0 Å². The number of benzene rings is 4. The van der Waals surface area contributed by atoms with Gasteiger partial charge in [0.2, 0.25) is 11.8 Å². The zero-order valence-electron chi connectivity index (χ0n) is 26.9. The topological polar surface area (TPSA) is 86.8 Å². The number of halogens is 1. The van der Waals surface area contributed by atoms with E-state index in [-0.39, 0.29) is 35.4 Å². The Hall–Kier alpha value is -4.50. The second-order valence-corrected chi connectivity index (χ2v) is 14.1. The second-order valence-electron chi connectivity index (χ2n) is 12.3. The van der Waals surface area contributed by atoms with E-state index in [1.165, 1.54) is 23.1 Å². The summed E-state index contributed by atoms with van der Waals surface area (Å²) in [7, 11) is -4.22. The minimum absolute atomic E-state index is 0.0231. The summed E-state index contributed by atoms with van der Waals surface area (Å²) < 4.78 is 44.7. The molecule has 4 aromatic carbocycles. The van der Waals surface area contributed by atoms with E-state index in [2.05, 4.69) is 5.32 Å². The van der Waals surface area contributed by atoms with Crippen molar-refractivity contribution in [1.29, 1.82) is 0 Å². The third-order valence-corrected chi connectivity index (χ3v) is 10.5. The van der Waals surface area contributed by atoms with Crippen LogP contribution >= 0.6 is 0 Å². The highest BCUT2D eigenvalue weighted by atomic mass is 32.2. The molecule has 1 N–H and O–H groups in total. The number of hydrogen-bond acceptors (Lipinski definition) is 4. The number of anilines is 1. The van der Waals surface area contributed by atoms with Crippen LogP contribution in [0.2, 0.25) is 0 Å². The molecular weight excluding hydrogens is 614 g/mol. The molecule has 246 valence electrons. The first-order valence-corrected chi connectivity index (χ1v) is 17.6. The van der Waals surface area contributed by atoms with Crippen molar-refractivity contribution in [3.8, 4) is 0 Å². The van der Waals surface area contributed by atoms with Crippen LogP contribution in [0.15, 0.2) is 108 Å². The van der Waals surface area contributed by atoms with Gasteiger partial charge >= 0.3 is 0 Å². The summed E-state index contributed by atoms with van der Waals surface area (Å²) in [5, 5.41) is 3.17. The highest BCUT2D eigenvalue weighted by Gasteiger charge is 2.36. The van der Waals surface area contributed by atoms with E-state index in [0.29, 0.717) is 11.3 Å². The van der Waals surface area contributed by atoms with Gasteiger partial charge in [0.1, 0.15) is 18.4 Å². The monoisotopic (exact) mass is 655 g/mol. The Kier molecular flexibility index (Phi) is 11.1. The number of nitrogens with zero attached hydrogens (tertiary/aromatic N) is 2. The summed E-state index contributed by atoms with van der Waals surface area (Å²) in [6, 6.07) is 27.8. The van der Waals surface area contributed by atoms with Crippen molar-refractivity contribution in [2.24, 2.45) is 0 Å². The Bertz CT molecular complexity index is 1780. The summed E-state index contributed by atoms with van der Waals surface area (Å²) in [5.74, 6) is -1.47. The first kappa shape index (κ1) is 33.9. The van der Waals surface area contributed by atoms with E-state index in [0.717, 1.165) is 47.5 Å². The molecule has 1 aliphatic rings. The smallest absolute Gasteiger partial charge is 0.264 e. The van der Waals surface area contributed by atoms with Crippen molar-refractivity contribution in [3.63, 3.8) is 0 Å². The molecular formula is C38H42FN3O4S. The summed E-state index contributed by atoms with van der Waals surface area (Å²) in [6.45, 7) is 2.91. The largest absolute Gasteiger partial charge is 0.352 e. The summed E-state index contributed by atoms with van der Waals surface area (Å²) in [6.07, 6.45) is 5.00. The van der Waals surface area contributed by atoms with Crippen LogP contribution in [-0.2, 0) is 32.6 Å². The van der Waals surface area contributed by atoms with Gasteiger partial charge in [-0.25, -0.2) is 12.8 Å². The minimum Gasteiger partial charge on any atom is -0.352 e. The van der Waals surface area contributed by atoms with Crippen LogP contribution in [0.25, 0.3) is 0 Å². The molecule has 0 bridgehead atoms. The highest BCUT2D eigenvalue weighted by molar-refractivity contribution is 7.92. The third kappa shape index (κ3) is 8.46. The van der Waals surface area contributed by atoms with Gasteiger partial charge in [0, 0.05) is 24.6 Å². The number of carbonyl (C=O) groups is 2. The van der Waals surface area contributed by atoms with Gasteiger partial charge in [0.15, 0.2) is 0 Å². The zero-order valence-corrected chi connectivity index (χ0v) is 27.8. The molecule has 9 heteroatoms. The fourth-order valence-corrected chi connectivity index (χ4v) is 7.73. The summed E-state index contributed by atoms with van der Waals surface area (Å²) in [5.41, 5.74) is 3.02. The molecule has 0 spiro atoms. The van der Waals surface area contributed by atoms with Crippen LogP contribution < -0.4 is 9.62 Å². The molecule has 1 aliphatic carbocycles. The number of hydrogen-bond donors (Lipinski definition) is 1. The predicted octanol–water partition coefficient (Wildman–Crippen LogP) is 6.73. The quantitative estimate of drug-likeness (QED) is 0.184. The first-order chi connectivity index (χ1) is 22.6. The lowest BCUT2D eigenvalue weighted by Gasteiger charge is -2.35. The number of aryl methyl sites for hydroxylation is 2. The fraction of sp³-hybridized carbons (Fsp3) is 0.316. The molecule has 0 unspecified atom stereocenters. The molecule has 0 aliphatic heterocycles. The van der Waals surface area contributed by atoms with E-state index in [9.17, 15) is 18.0 Å². The average molecular weight is 656 g/mol. The van der Waals surface area contributed by atoms with Gasteiger partial charge < -0.3 is 10.2 Å². The Balaban J connectivity index is 1.58. The van der Waals surface area contributed by atoms with Gasteiger partial charge in [-0.15, -0.1) is 0 Å². The highest BCUT2D eigenvalue weighted by Crippen LogP contribution is 2.29. The van der Waals surface area contributed by atoms with E-state index in [1.807, 2.05) is 43.3 Å². The van der Waals surface area contributed by atoms with Crippen LogP contribution in [0.3, 0.4) is 0 Å². The maximum Gasteiger partial charge on any atom is 0.264 e.